The topological polar surface area (TPSA) is 26.3 Å². The molecule has 0 fully saturated rings. The van der Waals surface area contributed by atoms with Gasteiger partial charge in [0.15, 0.2) is 0 Å². The van der Waals surface area contributed by atoms with Gasteiger partial charge in [-0.15, -0.1) is 0 Å². The van der Waals surface area contributed by atoms with E-state index in [1.54, 1.807) is 6.08 Å². The van der Waals surface area contributed by atoms with E-state index < -0.39 is 0 Å². The highest BCUT2D eigenvalue weighted by molar-refractivity contribution is 5.69. The van der Waals surface area contributed by atoms with Gasteiger partial charge in [-0.25, -0.2) is 0 Å². The lowest BCUT2D eigenvalue weighted by Gasteiger charge is -1.95. The second kappa shape index (κ2) is 5.35. The molecule has 2 nitrogen and oxygen atoms in total. The summed E-state index contributed by atoms with van der Waals surface area (Å²) in [4.78, 5) is 10.4. The molecule has 0 rings (SSSR count). The Labute approximate surface area is 55.5 Å². The highest BCUT2D eigenvalue weighted by Gasteiger charge is 1.92. The van der Waals surface area contributed by atoms with Gasteiger partial charge in [0.2, 0.25) is 0 Å². The fourth-order valence-corrected chi connectivity index (χ4v) is 0.309. The summed E-state index contributed by atoms with van der Waals surface area (Å²) in [7, 11) is 0. The first-order valence-electron chi connectivity index (χ1n) is 2.87. The maximum atomic E-state index is 10.4. The average molecular weight is 127 g/mol. The van der Waals surface area contributed by atoms with Gasteiger partial charge < -0.3 is 4.74 Å². The molecule has 2 heteroatoms. The average Bonchev–Trinajstić information content (AvgIpc) is 1.89. The van der Waals surface area contributed by atoms with Crippen LogP contribution >= 0.6 is 0 Å². The van der Waals surface area contributed by atoms with Crippen molar-refractivity contribution >= 4 is 5.97 Å². The van der Waals surface area contributed by atoms with E-state index >= 15 is 0 Å². The minimum absolute atomic E-state index is 0.206. The molecule has 0 amide bonds. The maximum absolute atomic E-state index is 10.4. The van der Waals surface area contributed by atoms with Crippen LogP contribution in [0, 0.1) is 6.92 Å². The summed E-state index contributed by atoms with van der Waals surface area (Å²) in [6.07, 6.45) is 3.81. The van der Waals surface area contributed by atoms with Gasteiger partial charge in [0.25, 0.3) is 0 Å². The van der Waals surface area contributed by atoms with Gasteiger partial charge in [0.1, 0.15) is 6.61 Å². The first kappa shape index (κ1) is 8.21. The molecule has 0 saturated carbocycles. The molecule has 1 radical (unpaired) electrons. The van der Waals surface area contributed by atoms with Crippen LogP contribution in [0.2, 0.25) is 0 Å². The van der Waals surface area contributed by atoms with Crippen LogP contribution < -0.4 is 0 Å². The second-order valence-electron chi connectivity index (χ2n) is 1.50. The van der Waals surface area contributed by atoms with Gasteiger partial charge in [-0.05, 0) is 13.8 Å². The zero-order chi connectivity index (χ0) is 7.11. The number of allylic oxidation sites excluding steroid dienone is 1. The van der Waals surface area contributed by atoms with Crippen LogP contribution in [-0.2, 0) is 9.53 Å². The fraction of sp³-hybridized carbons (Fsp3) is 0.429. The molecule has 0 aromatic rings. The second-order valence-corrected chi connectivity index (χ2v) is 1.50. The molecule has 51 valence electrons. The molecule has 0 aliphatic heterocycles. The molecule has 0 aliphatic carbocycles. The summed E-state index contributed by atoms with van der Waals surface area (Å²) in [5.41, 5.74) is 0. The quantitative estimate of drug-likeness (QED) is 0.422. The molecule has 0 saturated heterocycles. The zero-order valence-corrected chi connectivity index (χ0v) is 5.59. The van der Waals surface area contributed by atoms with E-state index in [1.165, 1.54) is 0 Å². The molecule has 0 aromatic carbocycles. The number of rotatable bonds is 3. The Balaban J connectivity index is 3.17. The van der Waals surface area contributed by atoms with E-state index in [-0.39, 0.29) is 12.4 Å². The molecular formula is C7H11O2. The summed E-state index contributed by atoms with van der Waals surface area (Å²) in [5.74, 6) is -0.256. The Kier molecular flexibility index (Phi) is 4.88. The third-order valence-corrected chi connectivity index (χ3v) is 0.780. The van der Waals surface area contributed by atoms with E-state index in [2.05, 4.69) is 11.7 Å². The number of ether oxygens (including phenoxy) is 1. The van der Waals surface area contributed by atoms with Crippen LogP contribution in [0.3, 0.4) is 0 Å². The largest absolute Gasteiger partial charge is 0.461 e. The Bertz CT molecular complexity index is 105. The van der Waals surface area contributed by atoms with Crippen molar-refractivity contribution in [3.63, 3.8) is 0 Å². The van der Waals surface area contributed by atoms with E-state index in [4.69, 9.17) is 0 Å². The monoisotopic (exact) mass is 127 g/mol. The zero-order valence-electron chi connectivity index (χ0n) is 5.59. The molecular weight excluding hydrogens is 116 g/mol. The first-order chi connectivity index (χ1) is 4.31. The lowest BCUT2D eigenvalue weighted by atomic mass is 10.5. The smallest absolute Gasteiger partial charge is 0.306 e. The van der Waals surface area contributed by atoms with Crippen molar-refractivity contribution in [3.8, 4) is 0 Å². The van der Waals surface area contributed by atoms with Crippen molar-refractivity contribution < 1.29 is 9.53 Å². The number of hydrogen-bond acceptors (Lipinski definition) is 2. The maximum Gasteiger partial charge on any atom is 0.306 e. The minimum atomic E-state index is -0.256. The SMILES string of the molecule is [CH2]CC(=O)OC/C=C/C. The predicted octanol–water partition coefficient (Wildman–Crippen LogP) is 1.33. The summed E-state index contributed by atoms with van der Waals surface area (Å²) >= 11 is 0. The normalized spacial score (nSPS) is 10.0. The summed E-state index contributed by atoms with van der Waals surface area (Å²) < 4.78 is 4.64. The molecule has 0 aliphatic rings. The van der Waals surface area contributed by atoms with Crippen LogP contribution in [0.5, 0.6) is 0 Å². The molecule has 0 spiro atoms. The van der Waals surface area contributed by atoms with E-state index in [9.17, 15) is 4.79 Å². The molecule has 0 bridgehead atoms. The van der Waals surface area contributed by atoms with Gasteiger partial charge in [-0.2, -0.15) is 0 Å². The van der Waals surface area contributed by atoms with Crippen LogP contribution in [0.15, 0.2) is 12.2 Å². The van der Waals surface area contributed by atoms with Crippen LogP contribution in [0.25, 0.3) is 0 Å². The van der Waals surface area contributed by atoms with Crippen molar-refractivity contribution in [2.45, 2.75) is 13.3 Å². The van der Waals surface area contributed by atoms with Crippen LogP contribution in [0.4, 0.5) is 0 Å². The molecule has 0 aromatic heterocycles. The highest BCUT2D eigenvalue weighted by Crippen LogP contribution is 1.83. The van der Waals surface area contributed by atoms with Gasteiger partial charge in [-0.3, -0.25) is 4.79 Å². The molecule has 0 heterocycles. The van der Waals surface area contributed by atoms with Gasteiger partial charge in [0, 0.05) is 6.42 Å². The van der Waals surface area contributed by atoms with Crippen molar-refractivity contribution in [3.05, 3.63) is 19.1 Å². The van der Waals surface area contributed by atoms with E-state index in [1.807, 2.05) is 13.0 Å². The molecule has 0 unspecified atom stereocenters. The molecule has 0 atom stereocenters. The Hall–Kier alpha value is -0.790. The van der Waals surface area contributed by atoms with Crippen molar-refractivity contribution in [2.75, 3.05) is 6.61 Å². The Morgan fingerprint density at radius 1 is 1.78 bits per heavy atom. The third kappa shape index (κ3) is 5.07. The van der Waals surface area contributed by atoms with Crippen LogP contribution in [0.1, 0.15) is 13.3 Å². The lowest BCUT2D eigenvalue weighted by molar-refractivity contribution is -0.141. The number of hydrogen-bond donors (Lipinski definition) is 0. The first-order valence-corrected chi connectivity index (χ1v) is 2.87. The predicted molar refractivity (Wildman–Crippen MR) is 35.7 cm³/mol. The van der Waals surface area contributed by atoms with Crippen LogP contribution in [-0.4, -0.2) is 12.6 Å². The number of carbonyl (C=O) groups is 1. The third-order valence-electron chi connectivity index (χ3n) is 0.780. The van der Waals surface area contributed by atoms with Crippen molar-refractivity contribution in [2.24, 2.45) is 0 Å². The Morgan fingerprint density at radius 2 is 2.44 bits per heavy atom. The van der Waals surface area contributed by atoms with Gasteiger partial charge >= 0.3 is 5.97 Å². The van der Waals surface area contributed by atoms with Gasteiger partial charge in [-0.1, -0.05) is 12.2 Å². The van der Waals surface area contributed by atoms with Gasteiger partial charge in [0.05, 0.1) is 0 Å². The van der Waals surface area contributed by atoms with E-state index in [0.717, 1.165) is 0 Å². The number of carbonyl (C=O) groups excluding carboxylic acids is 1. The lowest BCUT2D eigenvalue weighted by Crippen LogP contribution is -2.01. The van der Waals surface area contributed by atoms with Crippen molar-refractivity contribution in [1.82, 2.24) is 0 Å². The summed E-state index contributed by atoms with van der Waals surface area (Å²) in [5, 5.41) is 0. The van der Waals surface area contributed by atoms with Crippen molar-refractivity contribution in [1.29, 1.82) is 0 Å². The fourth-order valence-electron chi connectivity index (χ4n) is 0.309. The minimum Gasteiger partial charge on any atom is -0.461 e. The Morgan fingerprint density at radius 3 is 2.89 bits per heavy atom. The number of esters is 1. The summed E-state index contributed by atoms with van der Waals surface area (Å²) in [6.45, 7) is 5.60. The van der Waals surface area contributed by atoms with E-state index in [0.29, 0.717) is 6.61 Å². The standard InChI is InChI=1S/C7H11O2/c1-3-5-6-9-7(8)4-2/h3,5H,2,4,6H2,1H3/b5-3+. The highest BCUT2D eigenvalue weighted by atomic mass is 16.5. The molecule has 0 N–H and O–H groups in total. The molecule has 9 heavy (non-hydrogen) atoms. The summed E-state index contributed by atoms with van der Waals surface area (Å²) in [6, 6.07) is 0.